The van der Waals surface area contributed by atoms with Crippen molar-refractivity contribution in [2.75, 3.05) is 13.6 Å². The van der Waals surface area contributed by atoms with Crippen LogP contribution in [0.1, 0.15) is 45.8 Å². The molecule has 1 heterocycles. The molecule has 1 aliphatic heterocycles. The van der Waals surface area contributed by atoms with Gasteiger partial charge in [0.15, 0.2) is 0 Å². The van der Waals surface area contributed by atoms with E-state index >= 15 is 0 Å². The van der Waals surface area contributed by atoms with Crippen LogP contribution in [-0.4, -0.2) is 35.1 Å². The number of rotatable bonds is 6. The zero-order valence-electron chi connectivity index (χ0n) is 19.4. The second-order valence-electron chi connectivity index (χ2n) is 8.89. The predicted octanol–water partition coefficient (Wildman–Crippen LogP) is 5.42. The number of carbonyl (C=O) groups is 1. The molecule has 3 aromatic rings. The number of amides is 1. The van der Waals surface area contributed by atoms with E-state index in [-0.39, 0.29) is 11.9 Å². The largest absolute Gasteiger partial charge is 0.293 e. The maximum atomic E-state index is 13.4. The van der Waals surface area contributed by atoms with E-state index in [9.17, 15) is 4.79 Å². The fourth-order valence-corrected chi connectivity index (χ4v) is 4.34. The molecule has 0 radical (unpaired) electrons. The summed E-state index contributed by atoms with van der Waals surface area (Å²) in [6.45, 7) is 7.34. The minimum absolute atomic E-state index is 0.0220. The molecular formula is C28H31N3O. The van der Waals surface area contributed by atoms with Crippen molar-refractivity contribution in [3.63, 3.8) is 0 Å². The molecule has 0 bridgehead atoms. The summed E-state index contributed by atoms with van der Waals surface area (Å²) in [6.07, 6.45) is 0.723. The smallest absolute Gasteiger partial charge is 0.257 e. The highest BCUT2D eigenvalue weighted by Crippen LogP contribution is 2.34. The number of nitrogens with zero attached hydrogens (tertiary/aromatic N) is 3. The maximum Gasteiger partial charge on any atom is 0.257 e. The maximum absolute atomic E-state index is 13.4. The molecule has 0 saturated carbocycles. The lowest BCUT2D eigenvalue weighted by Gasteiger charge is -2.25. The van der Waals surface area contributed by atoms with E-state index in [4.69, 9.17) is 5.10 Å². The summed E-state index contributed by atoms with van der Waals surface area (Å²) >= 11 is 0. The van der Waals surface area contributed by atoms with Crippen LogP contribution in [0.3, 0.4) is 0 Å². The van der Waals surface area contributed by atoms with E-state index in [1.165, 1.54) is 22.3 Å². The Balaban J connectivity index is 1.59. The molecule has 0 spiro atoms. The van der Waals surface area contributed by atoms with Crippen LogP contribution < -0.4 is 0 Å². The number of benzene rings is 3. The van der Waals surface area contributed by atoms with Gasteiger partial charge in [0.25, 0.3) is 5.91 Å². The van der Waals surface area contributed by atoms with Gasteiger partial charge in [-0.3, -0.25) is 9.69 Å². The van der Waals surface area contributed by atoms with Crippen LogP contribution in [0.15, 0.2) is 77.9 Å². The molecule has 4 rings (SSSR count). The minimum Gasteiger partial charge on any atom is -0.293 e. The molecule has 0 N–H and O–H groups in total. The Morgan fingerprint density at radius 3 is 2.34 bits per heavy atom. The molecule has 4 nitrogen and oxygen atoms in total. The second-order valence-corrected chi connectivity index (χ2v) is 8.89. The summed E-state index contributed by atoms with van der Waals surface area (Å²) in [5.74, 6) is 0.0220. The highest BCUT2D eigenvalue weighted by atomic mass is 16.2. The number of aryl methyl sites for hydroxylation is 3. The van der Waals surface area contributed by atoms with Gasteiger partial charge in [0, 0.05) is 18.5 Å². The summed E-state index contributed by atoms with van der Waals surface area (Å²) in [5.41, 5.74) is 8.06. The first-order chi connectivity index (χ1) is 15.4. The summed E-state index contributed by atoms with van der Waals surface area (Å²) in [6, 6.07) is 25.0. The number of hydrogen-bond donors (Lipinski definition) is 0. The molecular weight excluding hydrogens is 394 g/mol. The van der Waals surface area contributed by atoms with Gasteiger partial charge in [-0.1, -0.05) is 83.9 Å². The molecule has 0 fully saturated rings. The van der Waals surface area contributed by atoms with Crippen molar-refractivity contribution in [2.45, 2.75) is 39.8 Å². The van der Waals surface area contributed by atoms with Crippen LogP contribution in [0, 0.1) is 20.8 Å². The van der Waals surface area contributed by atoms with E-state index in [1.54, 1.807) is 5.01 Å². The summed E-state index contributed by atoms with van der Waals surface area (Å²) in [4.78, 5) is 15.4. The molecule has 1 amide bonds. The normalized spacial score (nSPS) is 15.8. The Hall–Kier alpha value is -3.24. The van der Waals surface area contributed by atoms with E-state index in [2.05, 4.69) is 80.3 Å². The van der Waals surface area contributed by atoms with Crippen LogP contribution in [0.4, 0.5) is 0 Å². The fourth-order valence-electron chi connectivity index (χ4n) is 4.34. The number of carbonyl (C=O) groups excluding carboxylic acids is 1. The highest BCUT2D eigenvalue weighted by molar-refractivity contribution is 6.04. The van der Waals surface area contributed by atoms with Crippen molar-refractivity contribution >= 4 is 11.6 Å². The lowest BCUT2D eigenvalue weighted by molar-refractivity contribution is -0.134. The van der Waals surface area contributed by atoms with Crippen LogP contribution in [0.5, 0.6) is 0 Å². The fraction of sp³-hybridized carbons (Fsp3) is 0.286. The second kappa shape index (κ2) is 9.49. The monoisotopic (exact) mass is 425 g/mol. The van der Waals surface area contributed by atoms with E-state index in [0.717, 1.165) is 29.8 Å². The predicted molar refractivity (Wildman–Crippen MR) is 131 cm³/mol. The Morgan fingerprint density at radius 1 is 0.969 bits per heavy atom. The summed E-state index contributed by atoms with van der Waals surface area (Å²) < 4.78 is 0. The van der Waals surface area contributed by atoms with Gasteiger partial charge in [-0.25, -0.2) is 5.01 Å². The first kappa shape index (κ1) is 22.0. The lowest BCUT2D eigenvalue weighted by atomic mass is 9.95. The van der Waals surface area contributed by atoms with Gasteiger partial charge in [0.1, 0.15) is 0 Å². The summed E-state index contributed by atoms with van der Waals surface area (Å²) in [7, 11) is 1.98. The van der Waals surface area contributed by atoms with Crippen LogP contribution >= 0.6 is 0 Å². The van der Waals surface area contributed by atoms with Gasteiger partial charge >= 0.3 is 0 Å². The number of hydrazone groups is 1. The zero-order valence-corrected chi connectivity index (χ0v) is 19.4. The van der Waals surface area contributed by atoms with Crippen LogP contribution in [-0.2, 0) is 11.3 Å². The number of hydrogen-bond acceptors (Lipinski definition) is 3. The summed E-state index contributed by atoms with van der Waals surface area (Å²) in [5, 5.41) is 6.57. The van der Waals surface area contributed by atoms with Crippen molar-refractivity contribution in [3.8, 4) is 0 Å². The molecule has 32 heavy (non-hydrogen) atoms. The molecule has 1 aliphatic rings. The van der Waals surface area contributed by atoms with Crippen molar-refractivity contribution < 1.29 is 4.79 Å². The molecule has 0 aromatic heterocycles. The third-order valence-corrected chi connectivity index (χ3v) is 6.02. The molecule has 3 aromatic carbocycles. The molecule has 0 saturated heterocycles. The average Bonchev–Trinajstić information content (AvgIpc) is 3.20. The zero-order chi connectivity index (χ0) is 22.7. The quantitative estimate of drug-likeness (QED) is 0.529. The first-order valence-corrected chi connectivity index (χ1v) is 11.2. The van der Waals surface area contributed by atoms with Crippen molar-refractivity contribution in [2.24, 2.45) is 5.10 Å². The van der Waals surface area contributed by atoms with Gasteiger partial charge < -0.3 is 0 Å². The molecule has 4 heteroatoms. The molecule has 164 valence electrons. The van der Waals surface area contributed by atoms with Crippen LogP contribution in [0.25, 0.3) is 0 Å². The molecule has 0 aliphatic carbocycles. The van der Waals surface area contributed by atoms with Gasteiger partial charge in [0.05, 0.1) is 18.3 Å². The third-order valence-electron chi connectivity index (χ3n) is 6.02. The first-order valence-electron chi connectivity index (χ1n) is 11.2. The standard InChI is InChI=1S/C28H31N3O/c1-20-10-13-24(14-11-20)27-17-26(25-15-12-21(2)16-22(25)3)29-31(27)28(32)19-30(4)18-23-8-6-5-7-9-23/h5-16,27H,17-19H2,1-4H3/t27-/m0/s1. The Morgan fingerprint density at radius 2 is 1.66 bits per heavy atom. The third kappa shape index (κ3) is 4.97. The van der Waals surface area contributed by atoms with Gasteiger partial charge in [-0.15, -0.1) is 0 Å². The molecule has 1 atom stereocenters. The van der Waals surface area contributed by atoms with Gasteiger partial charge in [0.2, 0.25) is 0 Å². The SMILES string of the molecule is Cc1ccc([C@@H]2CC(c3ccc(C)cc3C)=NN2C(=O)CN(C)Cc2ccccc2)cc1. The van der Waals surface area contributed by atoms with Crippen molar-refractivity contribution in [3.05, 3.63) is 106 Å². The van der Waals surface area contributed by atoms with Crippen molar-refractivity contribution in [1.29, 1.82) is 0 Å². The molecule has 0 unspecified atom stereocenters. The van der Waals surface area contributed by atoms with Crippen molar-refractivity contribution in [1.82, 2.24) is 9.91 Å². The van der Waals surface area contributed by atoms with E-state index in [0.29, 0.717) is 6.54 Å². The Bertz CT molecular complexity index is 1120. The Kier molecular flexibility index (Phi) is 6.52. The highest BCUT2D eigenvalue weighted by Gasteiger charge is 2.33. The average molecular weight is 426 g/mol. The lowest BCUT2D eigenvalue weighted by Crippen LogP contribution is -2.36. The van der Waals surface area contributed by atoms with Gasteiger partial charge in [-0.05, 0) is 44.5 Å². The van der Waals surface area contributed by atoms with E-state index in [1.807, 2.05) is 25.2 Å². The van der Waals surface area contributed by atoms with Crippen LogP contribution in [0.2, 0.25) is 0 Å². The number of likely N-dealkylation sites (N-methyl/N-ethyl adjacent to an activating group) is 1. The topological polar surface area (TPSA) is 35.9 Å². The minimum atomic E-state index is -0.0797. The van der Waals surface area contributed by atoms with E-state index < -0.39 is 0 Å². The Labute approximate surface area is 191 Å². The van der Waals surface area contributed by atoms with Gasteiger partial charge in [-0.2, -0.15) is 5.10 Å².